The molecule has 0 aliphatic carbocycles. The third kappa shape index (κ3) is 5.55. The van der Waals surface area contributed by atoms with E-state index in [1.807, 2.05) is 0 Å². The summed E-state index contributed by atoms with van der Waals surface area (Å²) in [6.07, 6.45) is -7.15. The van der Waals surface area contributed by atoms with Crippen LogP contribution in [0.4, 0.5) is 4.79 Å². The van der Waals surface area contributed by atoms with Gasteiger partial charge >= 0.3 is 35.4 Å². The van der Waals surface area contributed by atoms with Crippen LogP contribution in [0.2, 0.25) is 0 Å². The molecule has 8 N–H and O–H groups in total. The molecular weight excluding hydrogens is 535 g/mol. The molecule has 2 unspecified atom stereocenters. The van der Waals surface area contributed by atoms with E-state index in [9.17, 15) is 38.4 Å². The molecule has 3 rings (SSSR count). The number of carbonyl (C=O) groups excluding carboxylic acids is 2. The van der Waals surface area contributed by atoms with E-state index in [-0.39, 0.29) is 11.5 Å². The van der Waals surface area contributed by atoms with E-state index in [1.54, 1.807) is 0 Å². The van der Waals surface area contributed by atoms with Gasteiger partial charge in [-0.25, -0.2) is 13.7 Å². The number of ether oxygens (including phenoxy) is 1. The molecule has 0 aromatic rings. The Labute approximate surface area is 188 Å². The molecule has 0 radical (unpaired) electrons. The minimum Gasteiger partial charge on any atom is -0.387 e. The second kappa shape index (κ2) is 9.03. The van der Waals surface area contributed by atoms with Crippen molar-refractivity contribution >= 4 is 52.9 Å². The van der Waals surface area contributed by atoms with E-state index >= 15 is 0 Å². The van der Waals surface area contributed by atoms with Crippen molar-refractivity contribution in [3.8, 4) is 0 Å². The molecule has 0 aromatic carbocycles. The second-order valence-electron chi connectivity index (χ2n) is 6.70. The van der Waals surface area contributed by atoms with Gasteiger partial charge < -0.3 is 40.3 Å². The van der Waals surface area contributed by atoms with Gasteiger partial charge in [0.2, 0.25) is 12.2 Å². The number of nitrogens with two attached hydrogens (primary N) is 1. The first-order chi connectivity index (χ1) is 15.4. The Hall–Kier alpha value is -1.76. The number of rotatable bonds is 8. The maximum atomic E-state index is 12.6. The van der Waals surface area contributed by atoms with Gasteiger partial charge in [0.05, 0.1) is 13.7 Å². The van der Waals surface area contributed by atoms with Crippen molar-refractivity contribution in [1.82, 2.24) is 4.90 Å². The Balaban J connectivity index is 1.73. The smallest absolute Gasteiger partial charge is 0.387 e. The third-order valence-electron chi connectivity index (χ3n) is 4.32. The molecule has 0 saturated carbocycles. The summed E-state index contributed by atoms with van der Waals surface area (Å²) >= 11 is 0. The average molecular weight is 552 g/mol. The summed E-state index contributed by atoms with van der Waals surface area (Å²) in [4.78, 5) is 68.2. The maximum Gasteiger partial charge on any atom is 0.502 e. The number of amides is 3. The molecule has 1 saturated heterocycles. The molecular formula is C11H17N5O15P3+. The third-order valence-corrected chi connectivity index (χ3v) is 8.12. The highest BCUT2D eigenvalue weighted by atomic mass is 31.3. The van der Waals surface area contributed by atoms with Crippen LogP contribution in [0.5, 0.6) is 0 Å². The molecule has 3 heterocycles. The van der Waals surface area contributed by atoms with E-state index in [1.165, 1.54) is 7.05 Å². The highest BCUT2D eigenvalue weighted by Gasteiger charge is 2.59. The number of aliphatic hydroxyl groups excluding tert-OH is 2. The van der Waals surface area contributed by atoms with Crippen LogP contribution in [0.25, 0.3) is 0 Å². The summed E-state index contributed by atoms with van der Waals surface area (Å²) in [6.45, 7) is -1.11. The minimum absolute atomic E-state index is 0.304. The van der Waals surface area contributed by atoms with Crippen LogP contribution in [0.15, 0.2) is 9.98 Å². The fourth-order valence-electron chi connectivity index (χ4n) is 3.03. The van der Waals surface area contributed by atoms with Gasteiger partial charge in [-0.05, 0) is 0 Å². The van der Waals surface area contributed by atoms with Crippen LogP contribution >= 0.6 is 23.5 Å². The number of carbonyl (C=O) groups is 2. The summed E-state index contributed by atoms with van der Waals surface area (Å²) in [5.74, 6) is -1.78. The molecule has 34 heavy (non-hydrogen) atoms. The Morgan fingerprint density at radius 3 is 2.26 bits per heavy atom. The van der Waals surface area contributed by atoms with Gasteiger partial charge in [0, 0.05) is 0 Å². The largest absolute Gasteiger partial charge is 0.502 e. The van der Waals surface area contributed by atoms with E-state index < -0.39 is 72.5 Å². The van der Waals surface area contributed by atoms with Crippen molar-refractivity contribution in [3.05, 3.63) is 0 Å². The first-order valence-corrected chi connectivity index (χ1v) is 13.2. The van der Waals surface area contributed by atoms with Crippen molar-refractivity contribution in [3.63, 3.8) is 0 Å². The van der Waals surface area contributed by atoms with Gasteiger partial charge in [-0.2, -0.15) is 28.0 Å². The molecule has 0 aromatic heterocycles. The number of aliphatic hydroxyl groups is 2. The van der Waals surface area contributed by atoms with Crippen molar-refractivity contribution < 1.29 is 75.5 Å². The van der Waals surface area contributed by atoms with Gasteiger partial charge in [-0.3, -0.25) is 9.32 Å². The minimum atomic E-state index is -5.78. The number of phosphoric acid groups is 3. The average Bonchev–Trinajstić information content (AvgIpc) is 3.04. The number of urea groups is 1. The lowest BCUT2D eigenvalue weighted by atomic mass is 10.1. The molecule has 0 spiro atoms. The van der Waals surface area contributed by atoms with Crippen molar-refractivity contribution in [1.29, 1.82) is 0 Å². The normalized spacial score (nSPS) is 31.2. The van der Waals surface area contributed by atoms with E-state index in [4.69, 9.17) is 25.2 Å². The van der Waals surface area contributed by atoms with Crippen LogP contribution in [-0.4, -0.2) is 107 Å². The van der Waals surface area contributed by atoms with Crippen LogP contribution in [0.1, 0.15) is 0 Å². The monoisotopic (exact) mass is 552 g/mol. The van der Waals surface area contributed by atoms with E-state index in [0.717, 1.165) is 4.58 Å². The van der Waals surface area contributed by atoms with E-state index in [2.05, 4.69) is 23.1 Å². The van der Waals surface area contributed by atoms with Crippen LogP contribution < -0.4 is 5.73 Å². The van der Waals surface area contributed by atoms with Gasteiger partial charge in [0.1, 0.15) is 18.3 Å². The number of aliphatic imine (C=N–C) groups is 2. The molecule has 190 valence electrons. The molecule has 1 fully saturated rings. The standard InChI is InChI=1S/C11H16N5O15P3/c1-15-4-7(13-10(12)14-8(4)19)16(11(15)20)9-6(18)5(17)3(29-9)2-28-33(24,25)31-34(26,27)30-32(21,22)23/h3,5-6,9,17-18H,2H2,1H3,(H5-,12,14,19,21,22,23,24,25,26,27)/p+1/t3-,5-,6-,9-/m1/s1. The number of amidine groups is 1. The predicted octanol–water partition coefficient (Wildman–Crippen LogP) is -3.45. The zero-order valence-corrected chi connectivity index (χ0v) is 19.3. The van der Waals surface area contributed by atoms with Crippen molar-refractivity contribution in [2.45, 2.75) is 24.5 Å². The predicted molar refractivity (Wildman–Crippen MR) is 103 cm³/mol. The lowest BCUT2D eigenvalue weighted by Gasteiger charge is -2.20. The van der Waals surface area contributed by atoms with Crippen LogP contribution in [0.3, 0.4) is 0 Å². The number of guanidine groups is 1. The molecule has 0 bridgehead atoms. The number of phosphoric ester groups is 1. The zero-order chi connectivity index (χ0) is 25.8. The fourth-order valence-corrected chi connectivity index (χ4v) is 6.06. The molecule has 23 heteroatoms. The van der Waals surface area contributed by atoms with Crippen molar-refractivity contribution in [2.75, 3.05) is 13.7 Å². The van der Waals surface area contributed by atoms with Crippen molar-refractivity contribution in [2.24, 2.45) is 15.7 Å². The molecule has 3 aliphatic heterocycles. The second-order valence-corrected chi connectivity index (χ2v) is 11.1. The lowest BCUT2D eigenvalue weighted by molar-refractivity contribution is -0.394. The SMILES string of the molecule is C[N+]1=C2C(=O)N=C(N)N=C2N([C@@H]2O[C@H](COP(=O)(O)OP(=O)(O)OP(=O)(O)O)[C@@H](O)[C@H]2O)C1=O. The molecule has 3 aliphatic rings. The Morgan fingerprint density at radius 1 is 1.06 bits per heavy atom. The molecule has 3 amide bonds. The zero-order valence-electron chi connectivity index (χ0n) is 16.6. The van der Waals surface area contributed by atoms with Gasteiger partial charge in [0.25, 0.3) is 11.5 Å². The number of fused-ring (bicyclic) bond motifs is 1. The summed E-state index contributed by atoms with van der Waals surface area (Å²) in [5.41, 5.74) is 5.13. The fraction of sp³-hybridized carbons (Fsp3) is 0.545. The number of nitrogens with zero attached hydrogens (tertiary/aromatic N) is 4. The Morgan fingerprint density at radius 2 is 1.68 bits per heavy atom. The maximum absolute atomic E-state index is 12.6. The Bertz CT molecular complexity index is 1160. The summed E-state index contributed by atoms with van der Waals surface area (Å²) < 4.78 is 51.4. The van der Waals surface area contributed by atoms with Crippen LogP contribution in [0, 0.1) is 0 Å². The number of hydrogen-bond acceptors (Lipinski definition) is 13. The van der Waals surface area contributed by atoms with Gasteiger partial charge in [-0.15, -0.1) is 4.90 Å². The van der Waals surface area contributed by atoms with E-state index in [0.29, 0.717) is 4.90 Å². The summed E-state index contributed by atoms with van der Waals surface area (Å²) in [5, 5.41) is 20.6. The van der Waals surface area contributed by atoms with Gasteiger partial charge in [-0.1, -0.05) is 0 Å². The first kappa shape index (κ1) is 26.8. The highest BCUT2D eigenvalue weighted by Crippen LogP contribution is 2.66. The quantitative estimate of drug-likeness (QED) is 0.114. The Kier molecular flexibility index (Phi) is 7.13. The number of hydrogen-bond donors (Lipinski definition) is 7. The first-order valence-electron chi connectivity index (χ1n) is 8.64. The topological polar surface area (TPSA) is 301 Å². The van der Waals surface area contributed by atoms with Crippen LogP contribution in [-0.2, 0) is 36.4 Å². The summed E-state index contributed by atoms with van der Waals surface area (Å²) in [6, 6.07) is -0.934. The molecule has 20 nitrogen and oxygen atoms in total. The lowest BCUT2D eigenvalue weighted by Crippen LogP contribution is -2.50. The van der Waals surface area contributed by atoms with Gasteiger partial charge in [0.15, 0.2) is 0 Å². The molecule has 6 atom stereocenters. The highest BCUT2D eigenvalue weighted by molar-refractivity contribution is 7.66. The summed E-state index contributed by atoms with van der Waals surface area (Å²) in [7, 11) is -15.8.